The van der Waals surface area contributed by atoms with Crippen molar-refractivity contribution in [1.82, 2.24) is 0 Å². The van der Waals surface area contributed by atoms with E-state index in [2.05, 4.69) is 37.3 Å². The fourth-order valence-electron chi connectivity index (χ4n) is 2.24. The third-order valence-electron chi connectivity index (χ3n) is 3.27. The van der Waals surface area contributed by atoms with Gasteiger partial charge in [-0.15, -0.1) is 0 Å². The van der Waals surface area contributed by atoms with Crippen LogP contribution in [0.15, 0.2) is 42.5 Å². The summed E-state index contributed by atoms with van der Waals surface area (Å²) in [6, 6.07) is 14.6. The lowest BCUT2D eigenvalue weighted by atomic mass is 10.0. The highest BCUT2D eigenvalue weighted by molar-refractivity contribution is 5.35. The smallest absolute Gasteiger partial charge is 0.118 e. The van der Waals surface area contributed by atoms with E-state index in [1.807, 2.05) is 13.0 Å². The van der Waals surface area contributed by atoms with Gasteiger partial charge in [-0.1, -0.05) is 42.0 Å². The molecule has 0 fully saturated rings. The van der Waals surface area contributed by atoms with E-state index in [9.17, 15) is 5.11 Å². The first kappa shape index (κ1) is 12.7. The Bertz CT molecular complexity index is 529. The number of hydrogen-bond donors (Lipinski definition) is 1. The van der Waals surface area contributed by atoms with Crippen LogP contribution < -0.4 is 0 Å². The van der Waals surface area contributed by atoms with Crippen molar-refractivity contribution in [3.05, 3.63) is 64.7 Å². The summed E-state index contributed by atoms with van der Waals surface area (Å²) in [5.41, 5.74) is 5.00. The standard InChI is InChI=1S/C17H20O/c1-13-5-3-6-15(11-13)7-4-8-16-9-10-17(18)14(2)12-16/h3,5-6,9-12,18H,4,7-8H2,1-2H3. The summed E-state index contributed by atoms with van der Waals surface area (Å²) >= 11 is 0. The van der Waals surface area contributed by atoms with Crippen LogP contribution in [0.3, 0.4) is 0 Å². The SMILES string of the molecule is Cc1cccc(CCCc2ccc(O)c(C)c2)c1. The van der Waals surface area contributed by atoms with E-state index in [4.69, 9.17) is 0 Å². The summed E-state index contributed by atoms with van der Waals surface area (Å²) in [6.45, 7) is 4.08. The van der Waals surface area contributed by atoms with Crippen molar-refractivity contribution in [1.29, 1.82) is 0 Å². The molecule has 1 heteroatoms. The number of hydrogen-bond acceptors (Lipinski definition) is 1. The Hall–Kier alpha value is -1.76. The summed E-state index contributed by atoms with van der Waals surface area (Å²) in [4.78, 5) is 0. The van der Waals surface area contributed by atoms with Crippen LogP contribution in [-0.2, 0) is 12.8 Å². The maximum Gasteiger partial charge on any atom is 0.118 e. The number of rotatable bonds is 4. The van der Waals surface area contributed by atoms with Crippen molar-refractivity contribution in [3.8, 4) is 5.75 Å². The first-order valence-electron chi connectivity index (χ1n) is 6.49. The summed E-state index contributed by atoms with van der Waals surface area (Å²) < 4.78 is 0. The number of aryl methyl sites for hydroxylation is 4. The molecule has 0 unspecified atom stereocenters. The van der Waals surface area contributed by atoms with Gasteiger partial charge in [0.15, 0.2) is 0 Å². The molecule has 18 heavy (non-hydrogen) atoms. The molecule has 94 valence electrons. The minimum Gasteiger partial charge on any atom is -0.508 e. The lowest BCUT2D eigenvalue weighted by Crippen LogP contribution is -1.91. The van der Waals surface area contributed by atoms with Crippen LogP contribution in [0.5, 0.6) is 5.75 Å². The third-order valence-corrected chi connectivity index (χ3v) is 3.27. The highest BCUT2D eigenvalue weighted by Crippen LogP contribution is 2.18. The van der Waals surface area contributed by atoms with Crippen LogP contribution in [0.2, 0.25) is 0 Å². The molecule has 0 spiro atoms. The van der Waals surface area contributed by atoms with Crippen molar-refractivity contribution in [2.75, 3.05) is 0 Å². The Morgan fingerprint density at radius 1 is 0.889 bits per heavy atom. The summed E-state index contributed by atoms with van der Waals surface area (Å²) in [7, 11) is 0. The molecular weight excluding hydrogens is 220 g/mol. The molecule has 0 aliphatic rings. The lowest BCUT2D eigenvalue weighted by Gasteiger charge is -2.05. The van der Waals surface area contributed by atoms with Gasteiger partial charge in [0.1, 0.15) is 5.75 Å². The Kier molecular flexibility index (Phi) is 4.03. The van der Waals surface area contributed by atoms with Gasteiger partial charge in [0.2, 0.25) is 0 Å². The molecule has 0 saturated heterocycles. The number of benzene rings is 2. The second-order valence-corrected chi connectivity index (χ2v) is 4.96. The lowest BCUT2D eigenvalue weighted by molar-refractivity contribution is 0.471. The zero-order valence-electron chi connectivity index (χ0n) is 11.1. The van der Waals surface area contributed by atoms with Gasteiger partial charge in [0.05, 0.1) is 0 Å². The Morgan fingerprint density at radius 3 is 2.28 bits per heavy atom. The normalized spacial score (nSPS) is 10.6. The van der Waals surface area contributed by atoms with Gasteiger partial charge in [-0.2, -0.15) is 0 Å². The first-order chi connectivity index (χ1) is 8.65. The van der Waals surface area contributed by atoms with Gasteiger partial charge in [0, 0.05) is 0 Å². The zero-order chi connectivity index (χ0) is 13.0. The molecule has 0 bridgehead atoms. The van der Waals surface area contributed by atoms with Crippen LogP contribution >= 0.6 is 0 Å². The molecule has 0 aliphatic carbocycles. The van der Waals surface area contributed by atoms with E-state index in [-0.39, 0.29) is 0 Å². The fourth-order valence-corrected chi connectivity index (χ4v) is 2.24. The average molecular weight is 240 g/mol. The summed E-state index contributed by atoms with van der Waals surface area (Å²) in [6.07, 6.45) is 3.32. The molecule has 0 aromatic heterocycles. The van der Waals surface area contributed by atoms with Crippen molar-refractivity contribution < 1.29 is 5.11 Å². The number of aromatic hydroxyl groups is 1. The maximum atomic E-state index is 9.48. The molecule has 0 aliphatic heterocycles. The summed E-state index contributed by atoms with van der Waals surface area (Å²) in [5.74, 6) is 0.387. The quantitative estimate of drug-likeness (QED) is 0.849. The van der Waals surface area contributed by atoms with E-state index in [0.29, 0.717) is 5.75 Å². The molecule has 0 saturated carbocycles. The Balaban J connectivity index is 1.90. The van der Waals surface area contributed by atoms with E-state index in [1.165, 1.54) is 16.7 Å². The van der Waals surface area contributed by atoms with E-state index in [1.54, 1.807) is 6.07 Å². The molecule has 2 rings (SSSR count). The Labute approximate surface area is 109 Å². The van der Waals surface area contributed by atoms with Crippen LogP contribution in [0.4, 0.5) is 0 Å². The second kappa shape index (κ2) is 5.72. The van der Waals surface area contributed by atoms with E-state index >= 15 is 0 Å². The van der Waals surface area contributed by atoms with Gasteiger partial charge >= 0.3 is 0 Å². The van der Waals surface area contributed by atoms with Crippen LogP contribution in [-0.4, -0.2) is 5.11 Å². The fraction of sp³-hybridized carbons (Fsp3) is 0.294. The summed E-state index contributed by atoms with van der Waals surface area (Å²) in [5, 5.41) is 9.48. The highest BCUT2D eigenvalue weighted by atomic mass is 16.3. The van der Waals surface area contributed by atoms with Crippen molar-refractivity contribution >= 4 is 0 Å². The highest BCUT2D eigenvalue weighted by Gasteiger charge is 1.99. The molecule has 2 aromatic rings. The van der Waals surface area contributed by atoms with Gasteiger partial charge in [0.25, 0.3) is 0 Å². The number of phenols is 1. The average Bonchev–Trinajstić information content (AvgIpc) is 2.34. The van der Waals surface area contributed by atoms with Gasteiger partial charge < -0.3 is 5.11 Å². The Morgan fingerprint density at radius 2 is 1.61 bits per heavy atom. The predicted molar refractivity (Wildman–Crippen MR) is 76.0 cm³/mol. The van der Waals surface area contributed by atoms with Crippen LogP contribution in [0.25, 0.3) is 0 Å². The molecule has 1 nitrogen and oxygen atoms in total. The van der Waals surface area contributed by atoms with Crippen LogP contribution in [0, 0.1) is 13.8 Å². The minimum atomic E-state index is 0.387. The van der Waals surface area contributed by atoms with Gasteiger partial charge in [-0.3, -0.25) is 0 Å². The van der Waals surface area contributed by atoms with Crippen LogP contribution in [0.1, 0.15) is 28.7 Å². The molecule has 0 heterocycles. The predicted octanol–water partition coefficient (Wildman–Crippen LogP) is 4.18. The number of phenolic OH excluding ortho intramolecular Hbond substituents is 1. The van der Waals surface area contributed by atoms with Crippen molar-refractivity contribution in [2.24, 2.45) is 0 Å². The largest absolute Gasteiger partial charge is 0.508 e. The van der Waals surface area contributed by atoms with Crippen molar-refractivity contribution in [2.45, 2.75) is 33.1 Å². The van der Waals surface area contributed by atoms with Gasteiger partial charge in [-0.25, -0.2) is 0 Å². The molecular formula is C17H20O. The minimum absolute atomic E-state index is 0.387. The third kappa shape index (κ3) is 3.36. The molecule has 0 radical (unpaired) electrons. The maximum absolute atomic E-state index is 9.48. The molecule has 1 N–H and O–H groups in total. The van der Waals surface area contributed by atoms with E-state index in [0.717, 1.165) is 24.8 Å². The first-order valence-corrected chi connectivity index (χ1v) is 6.49. The molecule has 0 atom stereocenters. The van der Waals surface area contributed by atoms with Crippen molar-refractivity contribution in [3.63, 3.8) is 0 Å². The van der Waals surface area contributed by atoms with Gasteiger partial charge in [-0.05, 0) is 55.9 Å². The van der Waals surface area contributed by atoms with E-state index < -0.39 is 0 Å². The topological polar surface area (TPSA) is 20.2 Å². The molecule has 2 aromatic carbocycles. The zero-order valence-corrected chi connectivity index (χ0v) is 11.1. The second-order valence-electron chi connectivity index (χ2n) is 4.96. The monoisotopic (exact) mass is 240 g/mol. The molecule has 0 amide bonds.